The van der Waals surface area contributed by atoms with Crippen molar-refractivity contribution >= 4 is 0 Å². The maximum Gasteiger partial charge on any atom is 0.00971 e. The number of benzene rings is 2. The molecule has 8 atom stereocenters. The second-order valence-corrected chi connectivity index (χ2v) is 9.71. The highest BCUT2D eigenvalue weighted by Gasteiger charge is 3.07. The molecule has 2 aromatic carbocycles. The molecule has 6 aliphatic rings. The van der Waals surface area contributed by atoms with Gasteiger partial charge < -0.3 is 0 Å². The lowest BCUT2D eigenvalue weighted by Crippen LogP contribution is -3.09. The first-order valence-electron chi connectivity index (χ1n) is 9.77. The molecule has 6 aliphatic carbocycles. The Kier molecular flexibility index (Phi) is 1.73. The van der Waals surface area contributed by atoms with E-state index in [0.717, 1.165) is 23.7 Å². The molecule has 0 aliphatic heterocycles. The van der Waals surface area contributed by atoms with Crippen molar-refractivity contribution in [1.82, 2.24) is 0 Å². The number of hydrogen-bond acceptors (Lipinski definition) is 0. The molecule has 0 N–H and O–H groups in total. The molecule has 0 aromatic heterocycles. The molecule has 0 amide bonds. The topological polar surface area (TPSA) is 0 Å². The first-order chi connectivity index (χ1) is 11.7. The summed E-state index contributed by atoms with van der Waals surface area (Å²) in [5.41, 5.74) is 5.48. The molecule has 0 radical (unpaired) electrons. The molecule has 8 rings (SSSR count). The van der Waals surface area contributed by atoms with Gasteiger partial charge in [-0.1, -0.05) is 74.5 Å². The van der Waals surface area contributed by atoms with E-state index in [4.69, 9.17) is 0 Å². The molecule has 0 saturated heterocycles. The van der Waals surface area contributed by atoms with Crippen molar-refractivity contribution in [2.45, 2.75) is 37.5 Å². The third kappa shape index (κ3) is 0.766. The Morgan fingerprint density at radius 1 is 0.833 bits per heavy atom. The van der Waals surface area contributed by atoms with Crippen LogP contribution in [0.15, 0.2) is 60.7 Å². The van der Waals surface area contributed by atoms with Gasteiger partial charge in [0.2, 0.25) is 0 Å². The quantitative estimate of drug-likeness (QED) is 0.716. The normalized spacial score (nSPS) is 57.1. The van der Waals surface area contributed by atoms with Crippen LogP contribution in [-0.4, -0.2) is 0 Å². The van der Waals surface area contributed by atoms with E-state index in [2.05, 4.69) is 74.5 Å². The highest BCUT2D eigenvalue weighted by Crippen LogP contribution is 3.08. The zero-order chi connectivity index (χ0) is 15.9. The van der Waals surface area contributed by atoms with Crippen molar-refractivity contribution in [3.8, 4) is 0 Å². The highest BCUT2D eigenvalue weighted by molar-refractivity contribution is 5.66. The maximum atomic E-state index is 2.66. The fourth-order valence-electron chi connectivity index (χ4n) is 10.1. The van der Waals surface area contributed by atoms with Crippen LogP contribution in [0.2, 0.25) is 0 Å². The molecule has 24 heavy (non-hydrogen) atoms. The summed E-state index contributed by atoms with van der Waals surface area (Å²) in [7, 11) is 0. The first kappa shape index (κ1) is 12.8. The lowest BCUT2D eigenvalue weighted by Gasteiger charge is -3.09. The van der Waals surface area contributed by atoms with Crippen LogP contribution in [0.1, 0.15) is 37.8 Å². The van der Waals surface area contributed by atoms with E-state index < -0.39 is 0 Å². The molecular formula is C24H24. The van der Waals surface area contributed by atoms with E-state index in [9.17, 15) is 0 Å². The van der Waals surface area contributed by atoms with Crippen molar-refractivity contribution < 1.29 is 0 Å². The van der Waals surface area contributed by atoms with Crippen molar-refractivity contribution in [3.63, 3.8) is 0 Å². The van der Waals surface area contributed by atoms with E-state index >= 15 is 0 Å². The zero-order valence-electron chi connectivity index (χ0n) is 14.5. The maximum absolute atomic E-state index is 2.66. The summed E-state index contributed by atoms with van der Waals surface area (Å²) in [6.07, 6.45) is 2.91. The van der Waals surface area contributed by atoms with Gasteiger partial charge in [0.05, 0.1) is 0 Å². The van der Waals surface area contributed by atoms with Gasteiger partial charge in [-0.2, -0.15) is 0 Å². The van der Waals surface area contributed by atoms with Gasteiger partial charge in [-0.3, -0.25) is 0 Å². The van der Waals surface area contributed by atoms with Gasteiger partial charge in [0.15, 0.2) is 0 Å². The summed E-state index contributed by atoms with van der Waals surface area (Å²) >= 11 is 0. The van der Waals surface area contributed by atoms with Crippen LogP contribution in [-0.2, 0) is 10.8 Å². The average Bonchev–Trinajstić information content (AvgIpc) is 2.63. The zero-order valence-corrected chi connectivity index (χ0v) is 14.5. The Morgan fingerprint density at radius 3 is 2.08 bits per heavy atom. The van der Waals surface area contributed by atoms with E-state index in [1.807, 2.05) is 0 Å². The van der Waals surface area contributed by atoms with E-state index in [-0.39, 0.29) is 0 Å². The lowest BCUT2D eigenvalue weighted by atomic mass is 8.93. The minimum absolute atomic E-state index is 0.489. The van der Waals surface area contributed by atoms with Crippen molar-refractivity contribution in [3.05, 3.63) is 71.8 Å². The molecule has 120 valence electrons. The molecule has 8 unspecified atom stereocenters. The number of hydrogen-bond donors (Lipinski definition) is 0. The standard InChI is InChI=1S/C24H24/c1-21-17-13-14-23(15-9-5-3-6-10-15)19-18(17)22(21,2)24(19,20(21)23)16-11-7-4-8-12-16/h3-12,17-20H,13-14H2,1-2H3. The average molecular weight is 312 g/mol. The molecule has 0 heterocycles. The third-order valence-electron chi connectivity index (χ3n) is 10.3. The predicted octanol–water partition coefficient (Wildman–Crippen LogP) is 5.19. The summed E-state index contributed by atoms with van der Waals surface area (Å²) in [4.78, 5) is 0. The minimum atomic E-state index is 0.489. The lowest BCUT2D eigenvalue weighted by molar-refractivity contribution is -0.581. The smallest absolute Gasteiger partial charge is 0.00971 e. The van der Waals surface area contributed by atoms with Crippen LogP contribution in [0.5, 0.6) is 0 Å². The van der Waals surface area contributed by atoms with Gasteiger partial charge >= 0.3 is 0 Å². The molecule has 2 bridgehead atoms. The largest absolute Gasteiger partial charge is 0.0622 e. The summed E-state index contributed by atoms with van der Waals surface area (Å²) in [6.45, 7) is 5.31. The van der Waals surface area contributed by atoms with Gasteiger partial charge in [-0.25, -0.2) is 0 Å². The number of fused-ring (bicyclic) bond motifs is 1. The van der Waals surface area contributed by atoms with Crippen molar-refractivity contribution in [1.29, 1.82) is 0 Å². The Balaban J connectivity index is 1.50. The molecule has 2 aromatic rings. The Bertz CT molecular complexity index is 837. The summed E-state index contributed by atoms with van der Waals surface area (Å²) < 4.78 is 0. The van der Waals surface area contributed by atoms with Crippen LogP contribution < -0.4 is 0 Å². The SMILES string of the molecule is CC12C3CCC4(c5ccccc5)C5C3C1(C)C5(c1ccccc1)C42. The summed E-state index contributed by atoms with van der Waals surface area (Å²) in [6, 6.07) is 23.2. The highest BCUT2D eigenvalue weighted by atomic mass is 15.1. The van der Waals surface area contributed by atoms with Crippen LogP contribution in [0.4, 0.5) is 0 Å². The monoisotopic (exact) mass is 312 g/mol. The minimum Gasteiger partial charge on any atom is -0.0622 e. The van der Waals surface area contributed by atoms with Gasteiger partial charge in [-0.15, -0.1) is 0 Å². The van der Waals surface area contributed by atoms with E-state index in [1.54, 1.807) is 11.1 Å². The van der Waals surface area contributed by atoms with Crippen molar-refractivity contribution in [2.24, 2.45) is 34.5 Å². The fourth-order valence-corrected chi connectivity index (χ4v) is 10.1. The molecule has 6 saturated carbocycles. The molecule has 6 fully saturated rings. The molecule has 0 spiro atoms. The Morgan fingerprint density at radius 2 is 1.46 bits per heavy atom. The first-order valence-corrected chi connectivity index (χ1v) is 9.77. The van der Waals surface area contributed by atoms with Gasteiger partial charge in [-0.05, 0) is 58.5 Å². The van der Waals surface area contributed by atoms with Crippen LogP contribution in [0.3, 0.4) is 0 Å². The van der Waals surface area contributed by atoms with Crippen LogP contribution in [0, 0.1) is 34.5 Å². The molecule has 0 nitrogen and oxygen atoms in total. The van der Waals surface area contributed by atoms with Crippen molar-refractivity contribution in [2.75, 3.05) is 0 Å². The van der Waals surface area contributed by atoms with Gasteiger partial charge in [0.1, 0.15) is 0 Å². The summed E-state index contributed by atoms with van der Waals surface area (Å²) in [5.74, 6) is 3.79. The van der Waals surface area contributed by atoms with E-state index in [0.29, 0.717) is 21.7 Å². The van der Waals surface area contributed by atoms with E-state index in [1.165, 1.54) is 12.8 Å². The fraction of sp³-hybridized carbons (Fsp3) is 0.500. The second-order valence-electron chi connectivity index (χ2n) is 9.71. The van der Waals surface area contributed by atoms with Crippen LogP contribution >= 0.6 is 0 Å². The molecular weight excluding hydrogens is 288 g/mol. The third-order valence-corrected chi connectivity index (χ3v) is 10.3. The summed E-state index contributed by atoms with van der Waals surface area (Å²) in [5, 5.41) is 0. The predicted molar refractivity (Wildman–Crippen MR) is 95.6 cm³/mol. The second kappa shape index (κ2) is 3.26. The van der Waals surface area contributed by atoms with Gasteiger partial charge in [0, 0.05) is 10.8 Å². The Hall–Kier alpha value is -1.56. The van der Waals surface area contributed by atoms with Crippen LogP contribution in [0.25, 0.3) is 0 Å². The number of rotatable bonds is 2. The molecule has 0 heteroatoms. The van der Waals surface area contributed by atoms with Gasteiger partial charge in [0.25, 0.3) is 0 Å². The Labute approximate surface area is 144 Å².